The molecule has 0 saturated heterocycles. The fourth-order valence-corrected chi connectivity index (χ4v) is 12.5. The van der Waals surface area contributed by atoms with Gasteiger partial charge in [-0.1, -0.05) is 318 Å². The number of hydrogen-bond acceptors (Lipinski definition) is 15. The average molecular weight is 1340 g/mol. The normalized spacial score (nSPS) is 14.1. The largest absolute Gasteiger partial charge is 0.472 e. The molecule has 0 fully saturated rings. The van der Waals surface area contributed by atoms with Crippen molar-refractivity contribution in [3.63, 3.8) is 0 Å². The molecule has 0 bridgehead atoms. The van der Waals surface area contributed by atoms with E-state index in [1.54, 1.807) is 0 Å². The Morgan fingerprint density at radius 3 is 0.747 bits per heavy atom. The van der Waals surface area contributed by atoms with Crippen LogP contribution in [-0.4, -0.2) is 96.7 Å². The van der Waals surface area contributed by atoms with E-state index < -0.39 is 97.5 Å². The standard InChI is InChI=1S/C72H140O17P2/c1-7-9-11-13-15-28-36-42-48-54-69(74)82-60-67(88-71(76)56-50-44-38-29-16-14-12-10-8-2)62-86-90(78,79)84-58-66(73)59-85-91(80,81)87-63-68(61-83-70(75)55-49-43-37-32-27-23-25-31-35-41-47-53-65(5)6)89-72(77)57-51-45-39-33-26-22-20-18-17-19-21-24-30-34-40-46-52-64(3)4/h64-68,73H,7-63H2,1-6H3,(H,78,79)(H,80,81)/t66-,67+,68+/m0/s1. The number of rotatable bonds is 71. The van der Waals surface area contributed by atoms with E-state index in [1.165, 1.54) is 186 Å². The quantitative estimate of drug-likeness (QED) is 0.0222. The second kappa shape index (κ2) is 64.1. The van der Waals surface area contributed by atoms with Crippen LogP contribution in [0.4, 0.5) is 0 Å². The Kier molecular flexibility index (Phi) is 62.7. The van der Waals surface area contributed by atoms with E-state index in [0.717, 1.165) is 102 Å². The van der Waals surface area contributed by atoms with Gasteiger partial charge in [0.05, 0.1) is 26.4 Å². The van der Waals surface area contributed by atoms with Crippen LogP contribution in [0.25, 0.3) is 0 Å². The number of phosphoric acid groups is 2. The van der Waals surface area contributed by atoms with Gasteiger partial charge in [-0.05, 0) is 37.5 Å². The van der Waals surface area contributed by atoms with E-state index in [9.17, 15) is 43.2 Å². The zero-order valence-corrected chi connectivity index (χ0v) is 60.9. The fraction of sp³-hybridized carbons (Fsp3) is 0.944. The Bertz CT molecular complexity index is 1770. The molecule has 0 radical (unpaired) electrons. The van der Waals surface area contributed by atoms with Crippen molar-refractivity contribution in [1.29, 1.82) is 0 Å². The molecule has 3 N–H and O–H groups in total. The van der Waals surface area contributed by atoms with E-state index in [-0.39, 0.29) is 25.7 Å². The second-order valence-corrected chi connectivity index (χ2v) is 29.8. The highest BCUT2D eigenvalue weighted by Crippen LogP contribution is 2.45. The molecule has 0 spiro atoms. The number of ether oxygens (including phenoxy) is 4. The highest BCUT2D eigenvalue weighted by Gasteiger charge is 2.30. The van der Waals surface area contributed by atoms with Crippen LogP contribution >= 0.6 is 15.6 Å². The molecule has 540 valence electrons. The monoisotopic (exact) mass is 1340 g/mol. The Labute approximate surface area is 556 Å². The topological polar surface area (TPSA) is 237 Å². The summed E-state index contributed by atoms with van der Waals surface area (Å²) in [6, 6.07) is 0. The van der Waals surface area contributed by atoms with Crippen molar-refractivity contribution < 1.29 is 80.2 Å². The van der Waals surface area contributed by atoms with Crippen molar-refractivity contribution in [2.75, 3.05) is 39.6 Å². The van der Waals surface area contributed by atoms with E-state index in [1.807, 2.05) is 0 Å². The summed E-state index contributed by atoms with van der Waals surface area (Å²) in [6.07, 6.45) is 50.0. The lowest BCUT2D eigenvalue weighted by Crippen LogP contribution is -2.30. The summed E-state index contributed by atoms with van der Waals surface area (Å²) in [7, 11) is -9.90. The molecular weight excluding hydrogens is 1200 g/mol. The first-order valence-corrected chi connectivity index (χ1v) is 40.5. The van der Waals surface area contributed by atoms with E-state index >= 15 is 0 Å². The van der Waals surface area contributed by atoms with Gasteiger partial charge in [-0.2, -0.15) is 0 Å². The first-order chi connectivity index (χ1) is 43.9. The predicted molar refractivity (Wildman–Crippen MR) is 368 cm³/mol. The summed E-state index contributed by atoms with van der Waals surface area (Å²) < 4.78 is 68.3. The maximum absolute atomic E-state index is 13.0. The highest BCUT2D eigenvalue weighted by molar-refractivity contribution is 7.47. The van der Waals surface area contributed by atoms with Crippen LogP contribution in [0.2, 0.25) is 0 Å². The van der Waals surface area contributed by atoms with Gasteiger partial charge in [0.1, 0.15) is 19.3 Å². The lowest BCUT2D eigenvalue weighted by atomic mass is 10.0. The first-order valence-electron chi connectivity index (χ1n) is 37.5. The van der Waals surface area contributed by atoms with Gasteiger partial charge in [0.15, 0.2) is 12.2 Å². The molecule has 0 amide bonds. The third-order valence-electron chi connectivity index (χ3n) is 16.7. The number of hydrogen-bond donors (Lipinski definition) is 3. The van der Waals surface area contributed by atoms with E-state index in [2.05, 4.69) is 41.5 Å². The lowest BCUT2D eigenvalue weighted by Gasteiger charge is -2.21. The van der Waals surface area contributed by atoms with Gasteiger partial charge in [0.2, 0.25) is 0 Å². The van der Waals surface area contributed by atoms with Gasteiger partial charge in [-0.3, -0.25) is 37.3 Å². The number of phosphoric ester groups is 2. The highest BCUT2D eigenvalue weighted by atomic mass is 31.2. The maximum atomic E-state index is 13.0. The smallest absolute Gasteiger partial charge is 0.462 e. The summed E-state index contributed by atoms with van der Waals surface area (Å²) in [5, 5.41) is 10.6. The molecule has 0 aliphatic rings. The molecular formula is C72H140O17P2. The summed E-state index contributed by atoms with van der Waals surface area (Å²) >= 11 is 0. The number of aliphatic hydroxyl groups excluding tert-OH is 1. The minimum atomic E-state index is -4.95. The Morgan fingerprint density at radius 2 is 0.505 bits per heavy atom. The Morgan fingerprint density at radius 1 is 0.297 bits per heavy atom. The molecule has 0 aromatic heterocycles. The summed E-state index contributed by atoms with van der Waals surface area (Å²) in [6.45, 7) is 9.57. The molecule has 2 unspecified atom stereocenters. The summed E-state index contributed by atoms with van der Waals surface area (Å²) in [5.41, 5.74) is 0. The number of carbonyl (C=O) groups excluding carboxylic acids is 4. The number of aliphatic hydroxyl groups is 1. The van der Waals surface area contributed by atoms with Gasteiger partial charge >= 0.3 is 39.5 Å². The zero-order valence-electron chi connectivity index (χ0n) is 59.1. The fourth-order valence-electron chi connectivity index (χ4n) is 10.9. The molecule has 5 atom stereocenters. The van der Waals surface area contributed by atoms with Gasteiger partial charge in [-0.25, -0.2) is 9.13 Å². The minimum absolute atomic E-state index is 0.106. The van der Waals surface area contributed by atoms with Crippen LogP contribution in [0.15, 0.2) is 0 Å². The van der Waals surface area contributed by atoms with Crippen LogP contribution in [0.3, 0.4) is 0 Å². The third kappa shape index (κ3) is 66.5. The SMILES string of the molecule is CCCCCCCCCCCC(=O)OC[C@H](COP(=O)(O)OC[C@H](O)COP(=O)(O)OC[C@@H](COC(=O)CCCCCCCCCCCCCC(C)C)OC(=O)CCCCCCCCCCCCCCCCCCC(C)C)OC(=O)CCCCCCCCCCC. The molecule has 91 heavy (non-hydrogen) atoms. The van der Waals surface area contributed by atoms with Crippen molar-refractivity contribution in [3.05, 3.63) is 0 Å². The average Bonchev–Trinajstić information content (AvgIpc) is 3.72. The minimum Gasteiger partial charge on any atom is -0.462 e. The van der Waals surface area contributed by atoms with Crippen LogP contribution in [0, 0.1) is 11.8 Å². The molecule has 0 aromatic carbocycles. The third-order valence-corrected chi connectivity index (χ3v) is 18.6. The van der Waals surface area contributed by atoms with Gasteiger partial charge in [-0.15, -0.1) is 0 Å². The van der Waals surface area contributed by atoms with Gasteiger partial charge in [0, 0.05) is 25.7 Å². The van der Waals surface area contributed by atoms with Gasteiger partial charge in [0.25, 0.3) is 0 Å². The van der Waals surface area contributed by atoms with Crippen LogP contribution < -0.4 is 0 Å². The van der Waals surface area contributed by atoms with E-state index in [4.69, 9.17) is 37.0 Å². The van der Waals surface area contributed by atoms with Crippen LogP contribution in [0.1, 0.15) is 369 Å². The zero-order chi connectivity index (χ0) is 67.2. The van der Waals surface area contributed by atoms with Crippen molar-refractivity contribution in [1.82, 2.24) is 0 Å². The second-order valence-electron chi connectivity index (χ2n) is 26.9. The molecule has 0 saturated carbocycles. The molecule has 0 aromatic rings. The Balaban J connectivity index is 5.19. The van der Waals surface area contributed by atoms with Crippen molar-refractivity contribution >= 4 is 39.5 Å². The van der Waals surface area contributed by atoms with Gasteiger partial charge < -0.3 is 33.8 Å². The lowest BCUT2D eigenvalue weighted by molar-refractivity contribution is -0.161. The maximum Gasteiger partial charge on any atom is 0.472 e. The van der Waals surface area contributed by atoms with Crippen molar-refractivity contribution in [3.8, 4) is 0 Å². The Hall–Kier alpha value is -1.94. The molecule has 0 rings (SSSR count). The summed E-state index contributed by atoms with van der Waals surface area (Å²) in [4.78, 5) is 72.5. The van der Waals surface area contributed by atoms with E-state index in [0.29, 0.717) is 25.7 Å². The first kappa shape index (κ1) is 89.1. The summed E-state index contributed by atoms with van der Waals surface area (Å²) in [5.74, 6) is -0.543. The number of carbonyl (C=O) groups is 4. The number of unbranched alkanes of at least 4 members (excludes halogenated alkanes) is 41. The van der Waals surface area contributed by atoms with Crippen molar-refractivity contribution in [2.45, 2.75) is 387 Å². The molecule has 0 aliphatic heterocycles. The predicted octanol–water partition coefficient (Wildman–Crippen LogP) is 20.8. The number of esters is 4. The van der Waals surface area contributed by atoms with Crippen LogP contribution in [-0.2, 0) is 65.4 Å². The molecule has 19 heteroatoms. The van der Waals surface area contributed by atoms with Crippen LogP contribution in [0.5, 0.6) is 0 Å². The molecule has 0 aliphatic carbocycles. The molecule has 0 heterocycles. The molecule has 17 nitrogen and oxygen atoms in total. The van der Waals surface area contributed by atoms with Crippen molar-refractivity contribution in [2.24, 2.45) is 11.8 Å².